The molecule has 0 radical (unpaired) electrons. The van der Waals surface area contributed by atoms with Crippen molar-refractivity contribution in [1.29, 1.82) is 0 Å². The van der Waals surface area contributed by atoms with E-state index in [1.54, 1.807) is 0 Å². The number of hydrogen-bond acceptors (Lipinski definition) is 2. The first-order chi connectivity index (χ1) is 9.83. The van der Waals surface area contributed by atoms with Crippen molar-refractivity contribution in [2.24, 2.45) is 0 Å². The molecule has 0 atom stereocenters. The van der Waals surface area contributed by atoms with Crippen molar-refractivity contribution < 1.29 is 0 Å². The molecule has 0 aliphatic rings. The van der Waals surface area contributed by atoms with Crippen LogP contribution in [0, 0.1) is 6.92 Å². The van der Waals surface area contributed by atoms with Gasteiger partial charge in [0.15, 0.2) is 0 Å². The normalized spacial score (nSPS) is 11.2. The van der Waals surface area contributed by atoms with Gasteiger partial charge in [-0.3, -0.25) is 4.98 Å². The summed E-state index contributed by atoms with van der Waals surface area (Å²) in [5, 5.41) is 2.76. The van der Waals surface area contributed by atoms with Crippen LogP contribution < -0.4 is 0 Å². The first-order valence-electron chi connectivity index (χ1n) is 6.65. The Labute approximate surface area is 121 Å². The molecule has 2 heterocycles. The van der Waals surface area contributed by atoms with Crippen molar-refractivity contribution in [3.8, 4) is 11.1 Å². The number of nitrogens with zero attached hydrogens (tertiary/aromatic N) is 1. The number of pyridine rings is 1. The molecule has 0 saturated carbocycles. The molecule has 0 bridgehead atoms. The number of fused-ring (bicyclic) bond motifs is 3. The number of aromatic nitrogens is 1. The quantitative estimate of drug-likeness (QED) is 0.451. The van der Waals surface area contributed by atoms with Gasteiger partial charge in [0.2, 0.25) is 0 Å². The highest BCUT2D eigenvalue weighted by molar-refractivity contribution is 7.25. The van der Waals surface area contributed by atoms with E-state index in [2.05, 4.69) is 60.4 Å². The van der Waals surface area contributed by atoms with Crippen LogP contribution in [0.5, 0.6) is 0 Å². The van der Waals surface area contributed by atoms with E-state index in [1.165, 1.54) is 36.9 Å². The van der Waals surface area contributed by atoms with Gasteiger partial charge in [-0.25, -0.2) is 0 Å². The Bertz CT molecular complexity index is 907. The molecule has 1 nitrogen and oxygen atoms in total. The molecule has 0 aliphatic heterocycles. The molecule has 96 valence electrons. The minimum absolute atomic E-state index is 1.22. The number of rotatable bonds is 1. The molecular formula is C18H13NS. The Kier molecular flexibility index (Phi) is 2.57. The Balaban J connectivity index is 2.01. The van der Waals surface area contributed by atoms with Crippen LogP contribution in [-0.4, -0.2) is 4.98 Å². The zero-order chi connectivity index (χ0) is 13.5. The molecule has 4 aromatic rings. The van der Waals surface area contributed by atoms with Crippen LogP contribution >= 0.6 is 11.3 Å². The fourth-order valence-corrected chi connectivity index (χ4v) is 3.95. The van der Waals surface area contributed by atoms with E-state index in [0.29, 0.717) is 0 Å². The van der Waals surface area contributed by atoms with Gasteiger partial charge in [0, 0.05) is 32.6 Å². The van der Waals surface area contributed by atoms with Crippen molar-refractivity contribution in [3.05, 3.63) is 66.5 Å². The third-order valence-corrected chi connectivity index (χ3v) is 4.84. The van der Waals surface area contributed by atoms with Crippen LogP contribution in [0.4, 0.5) is 0 Å². The average Bonchev–Trinajstić information content (AvgIpc) is 2.87. The van der Waals surface area contributed by atoms with Gasteiger partial charge in [-0.15, -0.1) is 11.3 Å². The van der Waals surface area contributed by atoms with Gasteiger partial charge in [0.25, 0.3) is 0 Å². The minimum atomic E-state index is 1.22. The molecule has 2 aromatic heterocycles. The van der Waals surface area contributed by atoms with E-state index in [4.69, 9.17) is 0 Å². The maximum Gasteiger partial charge on any atom is 0.0361 e. The summed E-state index contributed by atoms with van der Waals surface area (Å²) in [6.07, 6.45) is 3.68. The molecule has 0 aliphatic carbocycles. The van der Waals surface area contributed by atoms with Crippen molar-refractivity contribution in [2.45, 2.75) is 6.92 Å². The van der Waals surface area contributed by atoms with E-state index < -0.39 is 0 Å². The summed E-state index contributed by atoms with van der Waals surface area (Å²) in [6, 6.07) is 17.4. The van der Waals surface area contributed by atoms with Gasteiger partial charge in [-0.2, -0.15) is 0 Å². The zero-order valence-corrected chi connectivity index (χ0v) is 11.9. The van der Waals surface area contributed by atoms with Crippen molar-refractivity contribution in [2.75, 3.05) is 0 Å². The minimum Gasteiger partial charge on any atom is -0.265 e. The lowest BCUT2D eigenvalue weighted by Gasteiger charge is -2.01. The second-order valence-electron chi connectivity index (χ2n) is 5.00. The summed E-state index contributed by atoms with van der Waals surface area (Å²) in [5.74, 6) is 0. The lowest BCUT2D eigenvalue weighted by Crippen LogP contribution is -1.78. The second-order valence-corrected chi connectivity index (χ2v) is 6.08. The molecular weight excluding hydrogens is 262 g/mol. The molecule has 0 unspecified atom stereocenters. The Morgan fingerprint density at radius 3 is 2.55 bits per heavy atom. The van der Waals surface area contributed by atoms with E-state index in [1.807, 2.05) is 23.7 Å². The van der Waals surface area contributed by atoms with Crippen molar-refractivity contribution >= 4 is 31.5 Å². The van der Waals surface area contributed by atoms with E-state index in [9.17, 15) is 0 Å². The molecule has 20 heavy (non-hydrogen) atoms. The van der Waals surface area contributed by atoms with Gasteiger partial charge >= 0.3 is 0 Å². The largest absolute Gasteiger partial charge is 0.265 e. The van der Waals surface area contributed by atoms with E-state index >= 15 is 0 Å². The van der Waals surface area contributed by atoms with Crippen LogP contribution in [0.25, 0.3) is 31.3 Å². The number of benzene rings is 2. The van der Waals surface area contributed by atoms with Crippen LogP contribution in [0.3, 0.4) is 0 Å². The predicted octanol–water partition coefficient (Wildman–Crippen LogP) is 5.42. The third kappa shape index (κ3) is 1.73. The summed E-state index contributed by atoms with van der Waals surface area (Å²) < 4.78 is 2.72. The van der Waals surface area contributed by atoms with Crippen molar-refractivity contribution in [1.82, 2.24) is 4.98 Å². The summed E-state index contributed by atoms with van der Waals surface area (Å²) in [4.78, 5) is 4.08. The first-order valence-corrected chi connectivity index (χ1v) is 7.47. The molecule has 0 N–H and O–H groups in total. The van der Waals surface area contributed by atoms with Gasteiger partial charge < -0.3 is 0 Å². The zero-order valence-electron chi connectivity index (χ0n) is 11.1. The van der Waals surface area contributed by atoms with Crippen molar-refractivity contribution in [3.63, 3.8) is 0 Å². The van der Waals surface area contributed by atoms with Crippen LogP contribution in [-0.2, 0) is 0 Å². The average molecular weight is 275 g/mol. The summed E-state index contributed by atoms with van der Waals surface area (Å²) in [6.45, 7) is 2.19. The lowest BCUT2D eigenvalue weighted by atomic mass is 10.0. The van der Waals surface area contributed by atoms with E-state index in [0.717, 1.165) is 0 Å². The number of thiophene rings is 1. The van der Waals surface area contributed by atoms with Crippen LogP contribution in [0.1, 0.15) is 5.56 Å². The van der Waals surface area contributed by atoms with Gasteiger partial charge in [0.1, 0.15) is 0 Å². The Hall–Kier alpha value is -2.19. The summed E-state index contributed by atoms with van der Waals surface area (Å²) in [5.41, 5.74) is 3.82. The Morgan fingerprint density at radius 2 is 1.70 bits per heavy atom. The molecule has 2 heteroatoms. The molecule has 0 amide bonds. The Morgan fingerprint density at radius 1 is 0.850 bits per heavy atom. The fourth-order valence-electron chi connectivity index (χ4n) is 2.73. The molecule has 4 rings (SSSR count). The maximum absolute atomic E-state index is 4.08. The summed E-state index contributed by atoms with van der Waals surface area (Å²) in [7, 11) is 0. The van der Waals surface area contributed by atoms with Gasteiger partial charge in [0.05, 0.1) is 0 Å². The topological polar surface area (TPSA) is 12.9 Å². The standard InChI is InChI=1S/C18H13NS/c1-12-3-2-4-16-18(12)15-6-5-14(11-17(15)20-16)13-7-9-19-10-8-13/h2-11H,1H3. The van der Waals surface area contributed by atoms with Gasteiger partial charge in [-0.1, -0.05) is 24.3 Å². The van der Waals surface area contributed by atoms with Crippen LogP contribution in [0.2, 0.25) is 0 Å². The monoisotopic (exact) mass is 275 g/mol. The molecule has 0 spiro atoms. The lowest BCUT2D eigenvalue weighted by molar-refractivity contribution is 1.33. The number of aryl methyl sites for hydroxylation is 1. The highest BCUT2D eigenvalue weighted by Crippen LogP contribution is 2.37. The van der Waals surface area contributed by atoms with Gasteiger partial charge in [-0.05, 0) is 47.9 Å². The van der Waals surface area contributed by atoms with E-state index in [-0.39, 0.29) is 0 Å². The second kappa shape index (κ2) is 4.43. The molecule has 0 fully saturated rings. The fraction of sp³-hybridized carbons (Fsp3) is 0.0556. The highest BCUT2D eigenvalue weighted by atomic mass is 32.1. The maximum atomic E-state index is 4.08. The third-order valence-electron chi connectivity index (χ3n) is 3.72. The first kappa shape index (κ1) is 11.6. The smallest absolute Gasteiger partial charge is 0.0361 e. The molecule has 2 aromatic carbocycles. The number of hydrogen-bond donors (Lipinski definition) is 0. The SMILES string of the molecule is Cc1cccc2sc3cc(-c4ccncc4)ccc3c12. The highest BCUT2D eigenvalue weighted by Gasteiger charge is 2.08. The summed E-state index contributed by atoms with van der Waals surface area (Å²) >= 11 is 1.87. The molecule has 0 saturated heterocycles. The predicted molar refractivity (Wildman–Crippen MR) is 87.3 cm³/mol. The van der Waals surface area contributed by atoms with Crippen LogP contribution in [0.15, 0.2) is 60.9 Å².